The summed E-state index contributed by atoms with van der Waals surface area (Å²) in [6.07, 6.45) is 2.89. The molecule has 0 unspecified atom stereocenters. The molecule has 0 bridgehead atoms. The van der Waals surface area contributed by atoms with Crippen LogP contribution in [-0.2, 0) is 6.42 Å². The van der Waals surface area contributed by atoms with Gasteiger partial charge < -0.3 is 9.73 Å². The largest absolute Gasteiger partial charge is 0.421 e. The molecule has 3 aromatic rings. The summed E-state index contributed by atoms with van der Waals surface area (Å²) in [6, 6.07) is 14.2. The van der Waals surface area contributed by atoms with Crippen LogP contribution in [0.15, 0.2) is 46.9 Å². The lowest BCUT2D eigenvalue weighted by Gasteiger charge is -2.10. The number of nitrogens with zero attached hydrogens (tertiary/aromatic N) is 2. The molecule has 26 heavy (non-hydrogen) atoms. The second-order valence-corrected chi connectivity index (χ2v) is 6.71. The molecule has 5 nitrogen and oxygen atoms in total. The minimum absolute atomic E-state index is 0.00308. The lowest BCUT2D eigenvalue weighted by molar-refractivity contribution is 0.0951. The summed E-state index contributed by atoms with van der Waals surface area (Å²) in [6.45, 7) is 4.03. The van der Waals surface area contributed by atoms with Crippen LogP contribution in [0.4, 0.5) is 0 Å². The van der Waals surface area contributed by atoms with Crippen molar-refractivity contribution in [2.75, 3.05) is 0 Å². The van der Waals surface area contributed by atoms with Crippen molar-refractivity contribution in [2.24, 2.45) is 0 Å². The fourth-order valence-electron chi connectivity index (χ4n) is 2.88. The monoisotopic (exact) mass is 347 g/mol. The van der Waals surface area contributed by atoms with Gasteiger partial charge in [-0.25, -0.2) is 0 Å². The lowest BCUT2D eigenvalue weighted by Crippen LogP contribution is -2.25. The molecule has 0 saturated heterocycles. The predicted molar refractivity (Wildman–Crippen MR) is 99.8 cm³/mol. The van der Waals surface area contributed by atoms with Crippen molar-refractivity contribution in [1.29, 1.82) is 0 Å². The van der Waals surface area contributed by atoms with Crippen molar-refractivity contribution in [3.8, 4) is 22.6 Å². The summed E-state index contributed by atoms with van der Waals surface area (Å²) in [7, 11) is 0. The third kappa shape index (κ3) is 3.38. The zero-order chi connectivity index (χ0) is 18.1. The first kappa shape index (κ1) is 16.5. The van der Waals surface area contributed by atoms with Gasteiger partial charge in [-0.3, -0.25) is 4.79 Å². The summed E-state index contributed by atoms with van der Waals surface area (Å²) in [5.74, 6) is 1.17. The molecule has 1 amide bonds. The van der Waals surface area contributed by atoms with Crippen LogP contribution in [0.5, 0.6) is 0 Å². The zero-order valence-corrected chi connectivity index (χ0v) is 15.0. The van der Waals surface area contributed by atoms with Crippen LogP contribution in [0.1, 0.15) is 41.6 Å². The molecular weight excluding hydrogens is 326 g/mol. The minimum atomic E-state index is 0.00308. The molecule has 0 radical (unpaired) electrons. The maximum atomic E-state index is 12.3. The van der Waals surface area contributed by atoms with Crippen molar-refractivity contribution in [3.63, 3.8) is 0 Å². The number of amides is 1. The first-order chi connectivity index (χ1) is 12.6. The molecule has 132 valence electrons. The first-order valence-electron chi connectivity index (χ1n) is 8.98. The van der Waals surface area contributed by atoms with E-state index in [4.69, 9.17) is 4.42 Å². The van der Waals surface area contributed by atoms with E-state index in [-0.39, 0.29) is 5.91 Å². The summed E-state index contributed by atoms with van der Waals surface area (Å²) in [5.41, 5.74) is 4.83. The standard InChI is InChI=1S/C21H21N3O2/c1-3-19-23-24-21(26-19)15-8-6-14(7-9-15)18-12-16(5-4-13(18)2)20(25)22-17-10-11-17/h4-9,12,17H,3,10-11H2,1-2H3,(H,22,25). The Balaban J connectivity index is 1.61. The van der Waals surface area contributed by atoms with Gasteiger partial charge in [0, 0.05) is 23.6 Å². The number of benzene rings is 2. The van der Waals surface area contributed by atoms with E-state index >= 15 is 0 Å². The van der Waals surface area contributed by atoms with Crippen LogP contribution in [0.25, 0.3) is 22.6 Å². The molecule has 2 aromatic carbocycles. The number of hydrogen-bond acceptors (Lipinski definition) is 4. The summed E-state index contributed by atoms with van der Waals surface area (Å²) in [5, 5.41) is 11.1. The van der Waals surface area contributed by atoms with Gasteiger partial charge in [-0.1, -0.05) is 25.1 Å². The van der Waals surface area contributed by atoms with Crippen LogP contribution in [0.2, 0.25) is 0 Å². The fraction of sp³-hybridized carbons (Fsp3) is 0.286. The van der Waals surface area contributed by atoms with E-state index in [0.29, 0.717) is 23.4 Å². The highest BCUT2D eigenvalue weighted by Crippen LogP contribution is 2.28. The minimum Gasteiger partial charge on any atom is -0.421 e. The van der Waals surface area contributed by atoms with Crippen LogP contribution >= 0.6 is 0 Å². The summed E-state index contributed by atoms with van der Waals surface area (Å²) in [4.78, 5) is 12.3. The molecular formula is C21H21N3O2. The Kier molecular flexibility index (Phi) is 4.29. The Morgan fingerprint density at radius 1 is 1.12 bits per heavy atom. The lowest BCUT2D eigenvalue weighted by atomic mass is 9.97. The number of aromatic nitrogens is 2. The van der Waals surface area contributed by atoms with Crippen molar-refractivity contribution in [3.05, 3.63) is 59.5 Å². The molecule has 4 rings (SSSR count). The Bertz CT molecular complexity index is 940. The fourth-order valence-corrected chi connectivity index (χ4v) is 2.88. The normalized spacial score (nSPS) is 13.6. The molecule has 1 aliphatic carbocycles. The van der Waals surface area contributed by atoms with E-state index in [0.717, 1.165) is 41.5 Å². The molecule has 1 fully saturated rings. The van der Waals surface area contributed by atoms with Crippen molar-refractivity contribution >= 4 is 5.91 Å². The summed E-state index contributed by atoms with van der Waals surface area (Å²) >= 11 is 0. The zero-order valence-electron chi connectivity index (χ0n) is 15.0. The van der Waals surface area contributed by atoms with Gasteiger partial charge >= 0.3 is 0 Å². The number of carbonyl (C=O) groups is 1. The van der Waals surface area contributed by atoms with Gasteiger partial charge in [-0.15, -0.1) is 10.2 Å². The highest BCUT2D eigenvalue weighted by molar-refractivity contribution is 5.96. The highest BCUT2D eigenvalue weighted by atomic mass is 16.4. The molecule has 1 aromatic heterocycles. The van der Waals surface area contributed by atoms with Crippen LogP contribution in [0.3, 0.4) is 0 Å². The summed E-state index contributed by atoms with van der Waals surface area (Å²) < 4.78 is 5.61. The SMILES string of the molecule is CCc1nnc(-c2ccc(-c3cc(C(=O)NC4CC4)ccc3C)cc2)o1. The second-order valence-electron chi connectivity index (χ2n) is 6.71. The maximum Gasteiger partial charge on any atom is 0.251 e. The van der Waals surface area contributed by atoms with Crippen LogP contribution in [0, 0.1) is 6.92 Å². The average Bonchev–Trinajstić information content (AvgIpc) is 3.34. The first-order valence-corrected chi connectivity index (χ1v) is 8.98. The molecule has 1 N–H and O–H groups in total. The molecule has 5 heteroatoms. The van der Waals surface area contributed by atoms with E-state index in [1.807, 2.05) is 49.4 Å². The number of hydrogen-bond donors (Lipinski definition) is 1. The van der Waals surface area contributed by atoms with Crippen LogP contribution in [-0.4, -0.2) is 22.1 Å². The van der Waals surface area contributed by atoms with E-state index < -0.39 is 0 Å². The van der Waals surface area contributed by atoms with E-state index in [1.165, 1.54) is 0 Å². The van der Waals surface area contributed by atoms with Gasteiger partial charge in [0.15, 0.2) is 0 Å². The second kappa shape index (κ2) is 6.75. The van der Waals surface area contributed by atoms with E-state index in [1.54, 1.807) is 0 Å². The quantitative estimate of drug-likeness (QED) is 0.752. The Morgan fingerprint density at radius 3 is 2.50 bits per heavy atom. The van der Waals surface area contributed by atoms with Gasteiger partial charge in [0.05, 0.1) is 0 Å². The molecule has 1 saturated carbocycles. The van der Waals surface area contributed by atoms with Gasteiger partial charge in [0.25, 0.3) is 5.91 Å². The molecule has 0 spiro atoms. The third-order valence-corrected chi connectivity index (χ3v) is 4.62. The number of rotatable bonds is 5. The topological polar surface area (TPSA) is 68.0 Å². The van der Waals surface area contributed by atoms with Crippen molar-refractivity contribution in [2.45, 2.75) is 39.2 Å². The van der Waals surface area contributed by atoms with Crippen LogP contribution < -0.4 is 5.32 Å². The number of nitrogens with one attached hydrogen (secondary N) is 1. The van der Waals surface area contributed by atoms with E-state index in [2.05, 4.69) is 22.4 Å². The third-order valence-electron chi connectivity index (χ3n) is 4.62. The van der Waals surface area contributed by atoms with Gasteiger partial charge in [-0.2, -0.15) is 0 Å². The van der Waals surface area contributed by atoms with Crippen molar-refractivity contribution in [1.82, 2.24) is 15.5 Å². The molecule has 0 atom stereocenters. The average molecular weight is 347 g/mol. The highest BCUT2D eigenvalue weighted by Gasteiger charge is 2.24. The van der Waals surface area contributed by atoms with Gasteiger partial charge in [0.1, 0.15) is 0 Å². The Morgan fingerprint density at radius 2 is 1.85 bits per heavy atom. The number of aryl methyl sites for hydroxylation is 2. The van der Waals surface area contributed by atoms with Gasteiger partial charge in [-0.05, 0) is 60.7 Å². The number of carbonyl (C=O) groups excluding carboxylic acids is 1. The molecule has 1 heterocycles. The molecule has 1 aliphatic rings. The molecule has 0 aliphatic heterocycles. The van der Waals surface area contributed by atoms with Gasteiger partial charge in [0.2, 0.25) is 11.8 Å². The Hall–Kier alpha value is -2.95. The Labute approximate surface area is 152 Å². The maximum absolute atomic E-state index is 12.3. The van der Waals surface area contributed by atoms with E-state index in [9.17, 15) is 4.79 Å². The van der Waals surface area contributed by atoms with Crippen molar-refractivity contribution < 1.29 is 9.21 Å². The predicted octanol–water partition coefficient (Wildman–Crippen LogP) is 4.17. The smallest absolute Gasteiger partial charge is 0.251 e.